The lowest BCUT2D eigenvalue weighted by molar-refractivity contribution is -0.151. The lowest BCUT2D eigenvalue weighted by Gasteiger charge is -2.39. The van der Waals surface area contributed by atoms with Crippen LogP contribution in [0.1, 0.15) is 39.5 Å². The SMILES string of the molecule is CCC(CC)(CN1CCC(N(C)C)CC1)C(=O)O. The van der Waals surface area contributed by atoms with Gasteiger partial charge in [0.25, 0.3) is 0 Å². The molecule has 1 N–H and O–H groups in total. The molecule has 106 valence electrons. The molecule has 0 spiro atoms. The van der Waals surface area contributed by atoms with Gasteiger partial charge in [0, 0.05) is 12.6 Å². The average molecular weight is 256 g/mol. The van der Waals surface area contributed by atoms with Crippen LogP contribution in [0.15, 0.2) is 0 Å². The van der Waals surface area contributed by atoms with E-state index in [0.29, 0.717) is 25.4 Å². The standard InChI is InChI=1S/C14H28N2O2/c1-5-14(6-2,13(17)18)11-16-9-7-12(8-10-16)15(3)4/h12H,5-11H2,1-4H3,(H,17,18). The molecule has 0 amide bonds. The second kappa shape index (κ2) is 6.53. The molecule has 0 unspecified atom stereocenters. The molecule has 0 aromatic carbocycles. The van der Waals surface area contributed by atoms with E-state index in [4.69, 9.17) is 0 Å². The molecule has 18 heavy (non-hydrogen) atoms. The van der Waals surface area contributed by atoms with Gasteiger partial charge in [0.1, 0.15) is 0 Å². The molecule has 1 aliphatic heterocycles. The van der Waals surface area contributed by atoms with E-state index < -0.39 is 11.4 Å². The Morgan fingerprint density at radius 2 is 1.78 bits per heavy atom. The van der Waals surface area contributed by atoms with Gasteiger partial charge in [-0.3, -0.25) is 4.79 Å². The Kier molecular flexibility index (Phi) is 5.60. The Morgan fingerprint density at radius 3 is 2.11 bits per heavy atom. The van der Waals surface area contributed by atoms with Gasteiger partial charge in [-0.05, 0) is 52.9 Å². The zero-order valence-corrected chi connectivity index (χ0v) is 12.3. The van der Waals surface area contributed by atoms with Crippen molar-refractivity contribution in [2.75, 3.05) is 33.7 Å². The van der Waals surface area contributed by atoms with Crippen molar-refractivity contribution in [1.82, 2.24) is 9.80 Å². The maximum Gasteiger partial charge on any atom is 0.310 e. The van der Waals surface area contributed by atoms with Crippen molar-refractivity contribution < 1.29 is 9.90 Å². The predicted molar refractivity (Wildman–Crippen MR) is 73.8 cm³/mol. The zero-order valence-electron chi connectivity index (χ0n) is 12.3. The third kappa shape index (κ3) is 3.45. The van der Waals surface area contributed by atoms with Gasteiger partial charge in [0.2, 0.25) is 0 Å². The molecule has 1 saturated heterocycles. The van der Waals surface area contributed by atoms with Gasteiger partial charge in [-0.1, -0.05) is 13.8 Å². The number of carboxylic acids is 1. The fourth-order valence-corrected chi connectivity index (χ4v) is 2.87. The number of hydrogen-bond donors (Lipinski definition) is 1. The van der Waals surface area contributed by atoms with Crippen molar-refractivity contribution in [2.24, 2.45) is 5.41 Å². The van der Waals surface area contributed by atoms with Crippen LogP contribution in [-0.2, 0) is 4.79 Å². The lowest BCUT2D eigenvalue weighted by atomic mass is 9.81. The van der Waals surface area contributed by atoms with Crippen molar-refractivity contribution in [3.05, 3.63) is 0 Å². The number of hydrogen-bond acceptors (Lipinski definition) is 3. The molecule has 0 radical (unpaired) electrons. The number of piperidine rings is 1. The van der Waals surface area contributed by atoms with E-state index in [1.165, 1.54) is 0 Å². The van der Waals surface area contributed by atoms with Gasteiger partial charge in [0.15, 0.2) is 0 Å². The smallest absolute Gasteiger partial charge is 0.310 e. The summed E-state index contributed by atoms with van der Waals surface area (Å²) in [5, 5.41) is 9.46. The highest BCUT2D eigenvalue weighted by Gasteiger charge is 2.37. The van der Waals surface area contributed by atoms with Gasteiger partial charge in [-0.15, -0.1) is 0 Å². The van der Waals surface area contributed by atoms with Crippen LogP contribution in [0.4, 0.5) is 0 Å². The normalized spacial score (nSPS) is 19.4. The van der Waals surface area contributed by atoms with Crippen LogP contribution in [0.2, 0.25) is 0 Å². The van der Waals surface area contributed by atoms with Crippen LogP contribution in [0.3, 0.4) is 0 Å². The summed E-state index contributed by atoms with van der Waals surface area (Å²) in [6.07, 6.45) is 3.73. The number of nitrogens with zero attached hydrogens (tertiary/aromatic N) is 2. The molecule has 0 aromatic rings. The summed E-state index contributed by atoms with van der Waals surface area (Å²) in [6.45, 7) is 6.74. The molecule has 0 atom stereocenters. The number of carboxylic acid groups (broad SMARTS) is 1. The number of likely N-dealkylation sites (tertiary alicyclic amines) is 1. The second-order valence-corrected chi connectivity index (χ2v) is 5.76. The van der Waals surface area contributed by atoms with Crippen molar-refractivity contribution in [1.29, 1.82) is 0 Å². The van der Waals surface area contributed by atoms with E-state index in [9.17, 15) is 9.90 Å². The zero-order chi connectivity index (χ0) is 13.8. The summed E-state index contributed by atoms with van der Waals surface area (Å²) in [5.41, 5.74) is -0.551. The number of carbonyl (C=O) groups is 1. The first-order valence-electron chi connectivity index (χ1n) is 7.07. The largest absolute Gasteiger partial charge is 0.481 e. The van der Waals surface area contributed by atoms with Gasteiger partial charge >= 0.3 is 5.97 Å². The van der Waals surface area contributed by atoms with E-state index in [1.807, 2.05) is 13.8 Å². The summed E-state index contributed by atoms with van der Waals surface area (Å²) in [5.74, 6) is -0.637. The third-order valence-electron chi connectivity index (χ3n) is 4.62. The lowest BCUT2D eigenvalue weighted by Crippen LogP contribution is -2.48. The predicted octanol–water partition coefficient (Wildman–Crippen LogP) is 1.90. The molecular weight excluding hydrogens is 228 g/mol. The molecule has 4 heteroatoms. The van der Waals surface area contributed by atoms with E-state index in [0.717, 1.165) is 25.9 Å². The first-order valence-corrected chi connectivity index (χ1v) is 7.07. The maximum atomic E-state index is 11.5. The molecule has 1 aliphatic rings. The Bertz CT molecular complexity index is 267. The van der Waals surface area contributed by atoms with Crippen LogP contribution < -0.4 is 0 Å². The van der Waals surface area contributed by atoms with Gasteiger partial charge < -0.3 is 14.9 Å². The number of aliphatic carboxylic acids is 1. The summed E-state index contributed by atoms with van der Waals surface area (Å²) < 4.78 is 0. The summed E-state index contributed by atoms with van der Waals surface area (Å²) in [4.78, 5) is 16.1. The minimum Gasteiger partial charge on any atom is -0.481 e. The highest BCUT2D eigenvalue weighted by Crippen LogP contribution is 2.29. The van der Waals surface area contributed by atoms with Gasteiger partial charge in [-0.2, -0.15) is 0 Å². The van der Waals surface area contributed by atoms with Crippen molar-refractivity contribution in [3.8, 4) is 0 Å². The Hall–Kier alpha value is -0.610. The monoisotopic (exact) mass is 256 g/mol. The molecule has 1 fully saturated rings. The third-order valence-corrected chi connectivity index (χ3v) is 4.62. The maximum absolute atomic E-state index is 11.5. The molecule has 1 heterocycles. The Labute approximate surface area is 111 Å². The molecule has 4 nitrogen and oxygen atoms in total. The van der Waals surface area contributed by atoms with Crippen LogP contribution in [-0.4, -0.2) is 60.6 Å². The van der Waals surface area contributed by atoms with Gasteiger partial charge in [0.05, 0.1) is 5.41 Å². The van der Waals surface area contributed by atoms with Crippen LogP contribution >= 0.6 is 0 Å². The summed E-state index contributed by atoms with van der Waals surface area (Å²) >= 11 is 0. The molecule has 0 saturated carbocycles. The summed E-state index contributed by atoms with van der Waals surface area (Å²) in [7, 11) is 4.25. The van der Waals surface area contributed by atoms with Gasteiger partial charge in [-0.25, -0.2) is 0 Å². The van der Waals surface area contributed by atoms with Crippen LogP contribution in [0.5, 0.6) is 0 Å². The second-order valence-electron chi connectivity index (χ2n) is 5.76. The molecular formula is C14H28N2O2. The minimum atomic E-state index is -0.637. The van der Waals surface area contributed by atoms with Crippen LogP contribution in [0.25, 0.3) is 0 Å². The fourth-order valence-electron chi connectivity index (χ4n) is 2.87. The van der Waals surface area contributed by atoms with E-state index in [2.05, 4.69) is 23.9 Å². The number of rotatable bonds is 6. The average Bonchev–Trinajstić information content (AvgIpc) is 2.36. The Balaban J connectivity index is 2.55. The molecule has 0 aromatic heterocycles. The van der Waals surface area contributed by atoms with E-state index in [1.54, 1.807) is 0 Å². The first-order chi connectivity index (χ1) is 8.45. The topological polar surface area (TPSA) is 43.8 Å². The molecule has 0 bridgehead atoms. The first kappa shape index (κ1) is 15.4. The molecule has 0 aliphatic carbocycles. The van der Waals surface area contributed by atoms with Crippen LogP contribution in [0, 0.1) is 5.41 Å². The fraction of sp³-hybridized carbons (Fsp3) is 0.929. The quantitative estimate of drug-likeness (QED) is 0.788. The van der Waals surface area contributed by atoms with Crippen molar-refractivity contribution in [3.63, 3.8) is 0 Å². The highest BCUT2D eigenvalue weighted by atomic mass is 16.4. The summed E-state index contributed by atoms with van der Waals surface area (Å²) in [6, 6.07) is 0.656. The molecule has 1 rings (SSSR count). The van der Waals surface area contributed by atoms with E-state index >= 15 is 0 Å². The van der Waals surface area contributed by atoms with E-state index in [-0.39, 0.29) is 0 Å². The van der Waals surface area contributed by atoms with Crippen molar-refractivity contribution >= 4 is 5.97 Å². The highest BCUT2D eigenvalue weighted by molar-refractivity contribution is 5.74. The van der Waals surface area contributed by atoms with Crippen molar-refractivity contribution in [2.45, 2.75) is 45.6 Å². The minimum absolute atomic E-state index is 0.551. The Morgan fingerprint density at radius 1 is 1.28 bits per heavy atom.